The van der Waals surface area contributed by atoms with Gasteiger partial charge >= 0.3 is 5.97 Å². The third-order valence-electron chi connectivity index (χ3n) is 2.78. The molecule has 2 N–H and O–H groups in total. The molecule has 0 amide bonds. The summed E-state index contributed by atoms with van der Waals surface area (Å²) in [6.07, 6.45) is 0. The molecular weight excluding hydrogens is 300 g/mol. The highest BCUT2D eigenvalue weighted by Gasteiger charge is 2.28. The highest BCUT2D eigenvalue weighted by molar-refractivity contribution is 7.89. The largest absolute Gasteiger partial charge is 0.475 e. The summed E-state index contributed by atoms with van der Waals surface area (Å²) in [5, 5.41) is 15.3. The molecule has 2 aromatic heterocycles. The summed E-state index contributed by atoms with van der Waals surface area (Å²) in [4.78, 5) is 14.7. The van der Waals surface area contributed by atoms with Crippen LogP contribution in [0.2, 0.25) is 0 Å². The van der Waals surface area contributed by atoms with Crippen molar-refractivity contribution in [1.29, 1.82) is 0 Å². The van der Waals surface area contributed by atoms with Crippen LogP contribution >= 0.6 is 0 Å². The van der Waals surface area contributed by atoms with Gasteiger partial charge in [-0.3, -0.25) is 5.10 Å². The van der Waals surface area contributed by atoms with Crippen molar-refractivity contribution in [3.63, 3.8) is 0 Å². The number of rotatable bonds is 5. The number of aromatic amines is 1. The van der Waals surface area contributed by atoms with Crippen LogP contribution in [0.25, 0.3) is 0 Å². The molecular formula is C11H14N4O5S. The first-order valence-corrected chi connectivity index (χ1v) is 7.33. The topological polar surface area (TPSA) is 129 Å². The number of H-pyrrole nitrogens is 1. The fourth-order valence-corrected chi connectivity index (χ4v) is 3.02. The van der Waals surface area contributed by atoms with Gasteiger partial charge in [-0.2, -0.15) is 9.40 Å². The number of carboxylic acids is 1. The average molecular weight is 314 g/mol. The maximum atomic E-state index is 12.4. The van der Waals surface area contributed by atoms with Crippen LogP contribution in [0.1, 0.15) is 28.0 Å². The lowest BCUT2D eigenvalue weighted by Gasteiger charge is -2.14. The van der Waals surface area contributed by atoms with E-state index in [0.717, 1.165) is 10.4 Å². The second kappa shape index (κ2) is 5.30. The Bertz CT molecular complexity index is 776. The first-order chi connectivity index (χ1) is 9.71. The number of hydrogen-bond donors (Lipinski definition) is 2. The summed E-state index contributed by atoms with van der Waals surface area (Å²) < 4.78 is 30.8. The van der Waals surface area contributed by atoms with Crippen molar-refractivity contribution in [3.8, 4) is 0 Å². The van der Waals surface area contributed by atoms with Gasteiger partial charge in [-0.1, -0.05) is 0 Å². The molecule has 0 radical (unpaired) electrons. The van der Waals surface area contributed by atoms with Gasteiger partial charge in [-0.25, -0.2) is 18.2 Å². The second-order valence-corrected chi connectivity index (χ2v) is 6.45. The van der Waals surface area contributed by atoms with Gasteiger partial charge in [-0.15, -0.1) is 0 Å². The minimum absolute atomic E-state index is 0.0189. The molecule has 2 rings (SSSR count). The lowest BCUT2D eigenvalue weighted by Crippen LogP contribution is -2.27. The fraction of sp³-hybridized carbons (Fsp3) is 0.364. The lowest BCUT2D eigenvalue weighted by molar-refractivity contribution is 0.0661. The summed E-state index contributed by atoms with van der Waals surface area (Å²) in [5.74, 6) is -0.841. The molecule has 0 unspecified atom stereocenters. The summed E-state index contributed by atoms with van der Waals surface area (Å²) in [6, 6.07) is 0.993. The molecule has 0 saturated carbocycles. The normalized spacial score (nSPS) is 12.0. The Morgan fingerprint density at radius 2 is 2.14 bits per heavy atom. The molecule has 0 aliphatic rings. The number of hydrogen-bond acceptors (Lipinski definition) is 6. The average Bonchev–Trinajstić information content (AvgIpc) is 2.96. The van der Waals surface area contributed by atoms with Crippen LogP contribution in [0.5, 0.6) is 0 Å². The van der Waals surface area contributed by atoms with E-state index >= 15 is 0 Å². The molecule has 114 valence electrons. The Kier molecular flexibility index (Phi) is 3.83. The van der Waals surface area contributed by atoms with Gasteiger partial charge in [0, 0.05) is 13.1 Å². The molecule has 9 nitrogen and oxygen atoms in total. The highest BCUT2D eigenvalue weighted by atomic mass is 32.2. The number of sulfonamides is 1. The zero-order valence-corrected chi connectivity index (χ0v) is 12.4. The predicted molar refractivity (Wildman–Crippen MR) is 70.2 cm³/mol. The van der Waals surface area contributed by atoms with Crippen LogP contribution < -0.4 is 0 Å². The fourth-order valence-electron chi connectivity index (χ4n) is 1.74. The number of carbonyl (C=O) groups is 1. The van der Waals surface area contributed by atoms with Crippen LogP contribution in [-0.2, 0) is 16.6 Å². The zero-order chi connectivity index (χ0) is 15.8. The number of carboxylic acid groups (broad SMARTS) is 1. The molecule has 0 aliphatic carbocycles. The first kappa shape index (κ1) is 15.2. The molecule has 2 heterocycles. The van der Waals surface area contributed by atoms with Crippen molar-refractivity contribution < 1.29 is 22.7 Å². The number of nitrogens with one attached hydrogen (secondary N) is 1. The Balaban J connectivity index is 2.30. The van der Waals surface area contributed by atoms with E-state index < -0.39 is 21.8 Å². The van der Waals surface area contributed by atoms with Crippen molar-refractivity contribution in [2.45, 2.75) is 25.3 Å². The predicted octanol–water partition coefficient (Wildman–Crippen LogP) is 0.533. The number of aromatic nitrogens is 3. The summed E-state index contributed by atoms with van der Waals surface area (Å²) >= 11 is 0. The van der Waals surface area contributed by atoms with Gasteiger partial charge in [0.1, 0.15) is 16.5 Å². The summed E-state index contributed by atoms with van der Waals surface area (Å²) in [6.45, 7) is 3.05. The summed E-state index contributed by atoms with van der Waals surface area (Å²) in [5.41, 5.74) is 0. The molecule has 2 aromatic rings. The Hall–Kier alpha value is -2.20. The molecule has 0 aromatic carbocycles. The number of aromatic carboxylic acids is 1. The molecule has 10 heteroatoms. The molecule has 0 fully saturated rings. The maximum absolute atomic E-state index is 12.4. The Morgan fingerprint density at radius 3 is 2.62 bits per heavy atom. The number of aryl methyl sites for hydroxylation is 2. The molecule has 0 bridgehead atoms. The SMILES string of the molecule is Cc1nc(CN(C)S(=O)(=O)c2cc(C(=O)O)oc2C)n[nH]1. The maximum Gasteiger partial charge on any atom is 0.371 e. The van der Waals surface area contributed by atoms with Crippen molar-refractivity contribution in [2.24, 2.45) is 0 Å². The van der Waals surface area contributed by atoms with Gasteiger partial charge in [0.25, 0.3) is 0 Å². The van der Waals surface area contributed by atoms with E-state index in [0.29, 0.717) is 11.6 Å². The van der Waals surface area contributed by atoms with Crippen LogP contribution in [-0.4, -0.2) is 46.0 Å². The van der Waals surface area contributed by atoms with Gasteiger partial charge in [-0.05, 0) is 13.8 Å². The standard InChI is InChI=1S/C11H14N4O5S/c1-6-9(4-8(20-6)11(16)17)21(18,19)15(3)5-10-12-7(2)13-14-10/h4H,5H2,1-3H3,(H,16,17)(H,12,13,14). The van der Waals surface area contributed by atoms with E-state index in [1.165, 1.54) is 14.0 Å². The molecule has 0 saturated heterocycles. The minimum Gasteiger partial charge on any atom is -0.475 e. The van der Waals surface area contributed by atoms with Crippen molar-refractivity contribution in [2.75, 3.05) is 7.05 Å². The molecule has 0 atom stereocenters. The van der Waals surface area contributed by atoms with Crippen LogP contribution in [0.4, 0.5) is 0 Å². The second-order valence-electron chi connectivity index (χ2n) is 4.43. The van der Waals surface area contributed by atoms with E-state index in [9.17, 15) is 13.2 Å². The van der Waals surface area contributed by atoms with Crippen molar-refractivity contribution in [3.05, 3.63) is 29.2 Å². The molecule has 0 aliphatic heterocycles. The Morgan fingerprint density at radius 1 is 1.48 bits per heavy atom. The van der Waals surface area contributed by atoms with Crippen LogP contribution in [0.15, 0.2) is 15.4 Å². The van der Waals surface area contributed by atoms with E-state index in [4.69, 9.17) is 9.52 Å². The van der Waals surface area contributed by atoms with Gasteiger partial charge in [0.15, 0.2) is 5.82 Å². The quantitative estimate of drug-likeness (QED) is 0.823. The third kappa shape index (κ3) is 2.95. The van der Waals surface area contributed by atoms with Crippen LogP contribution in [0.3, 0.4) is 0 Å². The number of furan rings is 1. The number of nitrogens with zero attached hydrogens (tertiary/aromatic N) is 3. The van der Waals surface area contributed by atoms with E-state index in [-0.39, 0.29) is 17.2 Å². The van der Waals surface area contributed by atoms with Crippen LogP contribution in [0, 0.1) is 13.8 Å². The van der Waals surface area contributed by atoms with Gasteiger partial charge in [0.2, 0.25) is 15.8 Å². The van der Waals surface area contributed by atoms with Crippen molar-refractivity contribution >= 4 is 16.0 Å². The van der Waals surface area contributed by atoms with E-state index in [1.54, 1.807) is 6.92 Å². The first-order valence-electron chi connectivity index (χ1n) is 5.89. The third-order valence-corrected chi connectivity index (χ3v) is 4.69. The van der Waals surface area contributed by atoms with Gasteiger partial charge in [0.05, 0.1) is 6.54 Å². The highest BCUT2D eigenvalue weighted by Crippen LogP contribution is 2.23. The monoisotopic (exact) mass is 314 g/mol. The lowest BCUT2D eigenvalue weighted by atomic mass is 10.4. The smallest absolute Gasteiger partial charge is 0.371 e. The Labute approximate surface area is 120 Å². The van der Waals surface area contributed by atoms with E-state index in [2.05, 4.69) is 15.2 Å². The van der Waals surface area contributed by atoms with E-state index in [1.807, 2.05) is 0 Å². The summed E-state index contributed by atoms with van der Waals surface area (Å²) in [7, 11) is -2.53. The van der Waals surface area contributed by atoms with Crippen molar-refractivity contribution in [1.82, 2.24) is 19.5 Å². The molecule has 0 spiro atoms. The minimum atomic E-state index is -3.89. The zero-order valence-electron chi connectivity index (χ0n) is 11.6. The molecule has 21 heavy (non-hydrogen) atoms. The van der Waals surface area contributed by atoms with Gasteiger partial charge < -0.3 is 9.52 Å².